The monoisotopic (exact) mass is 396 g/mol. The zero-order valence-electron chi connectivity index (χ0n) is 14.5. The molecule has 140 valence electrons. The summed E-state index contributed by atoms with van der Waals surface area (Å²) in [6, 6.07) is 7.62. The Kier molecular flexibility index (Phi) is 4.44. The third kappa shape index (κ3) is 2.85. The van der Waals surface area contributed by atoms with Crippen LogP contribution in [0.5, 0.6) is 0 Å². The summed E-state index contributed by atoms with van der Waals surface area (Å²) in [5.41, 5.74) is 0.155. The number of halogens is 1. The van der Waals surface area contributed by atoms with Crippen LogP contribution in [0.2, 0.25) is 0 Å². The molecule has 1 aliphatic heterocycles. The van der Waals surface area contributed by atoms with Gasteiger partial charge in [0.05, 0.1) is 5.57 Å². The molecule has 7 nitrogen and oxygen atoms in total. The van der Waals surface area contributed by atoms with Crippen molar-refractivity contribution in [2.75, 3.05) is 4.90 Å². The summed E-state index contributed by atoms with van der Waals surface area (Å²) in [4.78, 5) is 30.6. The first-order valence-corrected chi connectivity index (χ1v) is 9.06. The van der Waals surface area contributed by atoms with Gasteiger partial charge >= 0.3 is 5.91 Å². The van der Waals surface area contributed by atoms with Crippen LogP contribution in [0.15, 0.2) is 54.4 Å². The molecule has 1 saturated heterocycles. The lowest BCUT2D eigenvalue weighted by atomic mass is 9.95. The van der Waals surface area contributed by atoms with Gasteiger partial charge in [-0.15, -0.1) is 10.2 Å². The van der Waals surface area contributed by atoms with Crippen molar-refractivity contribution in [3.05, 3.63) is 76.3 Å². The number of amides is 1. The van der Waals surface area contributed by atoms with E-state index in [9.17, 15) is 19.1 Å². The van der Waals surface area contributed by atoms with E-state index in [1.807, 2.05) is 0 Å². The van der Waals surface area contributed by atoms with Crippen molar-refractivity contribution in [2.24, 2.45) is 0 Å². The van der Waals surface area contributed by atoms with Gasteiger partial charge in [0.15, 0.2) is 0 Å². The summed E-state index contributed by atoms with van der Waals surface area (Å²) in [5.74, 6) is -2.84. The highest BCUT2D eigenvalue weighted by molar-refractivity contribution is 7.15. The second-order valence-electron chi connectivity index (χ2n) is 6.03. The lowest BCUT2D eigenvalue weighted by molar-refractivity contribution is -0.132. The average molecular weight is 396 g/mol. The van der Waals surface area contributed by atoms with Crippen LogP contribution >= 0.6 is 11.3 Å². The molecule has 0 bridgehead atoms. The van der Waals surface area contributed by atoms with Crippen molar-refractivity contribution < 1.29 is 19.1 Å². The predicted molar refractivity (Wildman–Crippen MR) is 100 cm³/mol. The Morgan fingerprint density at radius 3 is 2.50 bits per heavy atom. The molecule has 1 aromatic carbocycles. The van der Waals surface area contributed by atoms with Gasteiger partial charge < -0.3 is 5.11 Å². The fraction of sp³-hybridized carbons (Fsp3) is 0.105. The minimum Gasteiger partial charge on any atom is -0.507 e. The minimum absolute atomic E-state index is 0.0742. The van der Waals surface area contributed by atoms with Crippen molar-refractivity contribution in [1.29, 1.82) is 0 Å². The zero-order valence-corrected chi connectivity index (χ0v) is 15.4. The molecule has 0 spiro atoms. The van der Waals surface area contributed by atoms with E-state index in [-0.39, 0.29) is 16.3 Å². The normalized spacial score (nSPS) is 18.6. The van der Waals surface area contributed by atoms with Crippen LogP contribution in [0.4, 0.5) is 9.52 Å². The number of Topliss-reactive ketones (excluding diaryl/α,β-unsaturated/α-hetero) is 1. The number of benzene rings is 1. The van der Waals surface area contributed by atoms with Gasteiger partial charge in [0.2, 0.25) is 5.13 Å². The fourth-order valence-electron chi connectivity index (χ4n) is 3.07. The van der Waals surface area contributed by atoms with E-state index in [4.69, 9.17) is 0 Å². The Morgan fingerprint density at radius 2 is 1.86 bits per heavy atom. The number of carbonyl (C=O) groups excluding carboxylic acids is 2. The summed E-state index contributed by atoms with van der Waals surface area (Å²) in [7, 11) is 0. The molecule has 4 rings (SSSR count). The number of carbonyl (C=O) groups is 2. The van der Waals surface area contributed by atoms with Crippen LogP contribution in [0.1, 0.15) is 22.2 Å². The van der Waals surface area contributed by atoms with Gasteiger partial charge in [-0.25, -0.2) is 4.39 Å². The van der Waals surface area contributed by atoms with Gasteiger partial charge in [-0.1, -0.05) is 29.5 Å². The molecule has 28 heavy (non-hydrogen) atoms. The van der Waals surface area contributed by atoms with E-state index in [0.717, 1.165) is 16.2 Å². The Balaban J connectivity index is 1.98. The molecule has 1 N–H and O–H groups in total. The number of aromatic nitrogens is 3. The van der Waals surface area contributed by atoms with E-state index in [1.165, 1.54) is 42.7 Å². The summed E-state index contributed by atoms with van der Waals surface area (Å²) < 4.78 is 14.6. The van der Waals surface area contributed by atoms with Crippen molar-refractivity contribution in [3.8, 4) is 0 Å². The number of aliphatic hydroxyl groups is 1. The molecule has 1 aliphatic rings. The first kappa shape index (κ1) is 17.9. The Hall–Kier alpha value is -3.46. The number of hydrogen-bond donors (Lipinski definition) is 1. The van der Waals surface area contributed by atoms with Gasteiger partial charge in [-0.05, 0) is 25.1 Å². The van der Waals surface area contributed by atoms with Gasteiger partial charge in [0.1, 0.15) is 22.6 Å². The zero-order chi connectivity index (χ0) is 19.8. The third-order valence-electron chi connectivity index (χ3n) is 4.32. The van der Waals surface area contributed by atoms with Crippen LogP contribution in [0, 0.1) is 12.7 Å². The Bertz CT molecular complexity index is 1110. The number of pyridine rings is 1. The molecule has 0 saturated carbocycles. The Labute approximate surface area is 162 Å². The lowest BCUT2D eigenvalue weighted by Gasteiger charge is -2.22. The van der Waals surface area contributed by atoms with Gasteiger partial charge in [-0.3, -0.25) is 19.5 Å². The first-order valence-electron chi connectivity index (χ1n) is 8.25. The van der Waals surface area contributed by atoms with Crippen molar-refractivity contribution in [2.45, 2.75) is 13.0 Å². The van der Waals surface area contributed by atoms with Crippen LogP contribution in [-0.2, 0) is 9.59 Å². The highest BCUT2D eigenvalue weighted by Crippen LogP contribution is 2.43. The smallest absolute Gasteiger partial charge is 0.301 e. The van der Waals surface area contributed by atoms with Gasteiger partial charge in [0.25, 0.3) is 5.78 Å². The summed E-state index contributed by atoms with van der Waals surface area (Å²) in [5, 5.41) is 19.4. The third-order valence-corrected chi connectivity index (χ3v) is 5.16. The molecule has 0 aliphatic carbocycles. The van der Waals surface area contributed by atoms with E-state index >= 15 is 0 Å². The molecule has 0 radical (unpaired) electrons. The number of ketones is 1. The SMILES string of the molecule is Cc1nnc(N2C(=O)C(=O)/C(=C(/O)c3ccncc3)C2c2ccccc2F)s1. The number of hydrogen-bond acceptors (Lipinski definition) is 7. The van der Waals surface area contributed by atoms with E-state index in [0.29, 0.717) is 10.6 Å². The molecule has 1 atom stereocenters. The second-order valence-corrected chi connectivity index (χ2v) is 7.19. The molecule has 3 heterocycles. The van der Waals surface area contributed by atoms with Crippen LogP contribution in [0.3, 0.4) is 0 Å². The van der Waals surface area contributed by atoms with E-state index in [2.05, 4.69) is 15.2 Å². The minimum atomic E-state index is -1.17. The number of aliphatic hydroxyl groups excluding tert-OH is 1. The molecule has 1 fully saturated rings. The maximum atomic E-state index is 14.6. The highest BCUT2D eigenvalue weighted by Gasteiger charge is 2.49. The van der Waals surface area contributed by atoms with E-state index < -0.39 is 29.3 Å². The molecule has 3 aromatic rings. The average Bonchev–Trinajstić information content (AvgIpc) is 3.23. The summed E-state index contributed by atoms with van der Waals surface area (Å²) >= 11 is 1.10. The summed E-state index contributed by atoms with van der Waals surface area (Å²) in [6.45, 7) is 1.70. The van der Waals surface area contributed by atoms with Crippen LogP contribution in [0.25, 0.3) is 5.76 Å². The quantitative estimate of drug-likeness (QED) is 0.415. The molecular weight excluding hydrogens is 383 g/mol. The molecular formula is C19H13FN4O3S. The Morgan fingerprint density at radius 1 is 1.14 bits per heavy atom. The first-order chi connectivity index (χ1) is 13.5. The number of aryl methyl sites for hydroxylation is 1. The fourth-order valence-corrected chi connectivity index (χ4v) is 3.78. The van der Waals surface area contributed by atoms with Crippen molar-refractivity contribution in [3.63, 3.8) is 0 Å². The second kappa shape index (κ2) is 6.93. The maximum Gasteiger partial charge on any atom is 0.301 e. The number of rotatable bonds is 3. The predicted octanol–water partition coefficient (Wildman–Crippen LogP) is 3.01. The van der Waals surface area contributed by atoms with E-state index in [1.54, 1.807) is 13.0 Å². The van der Waals surface area contributed by atoms with Gasteiger partial charge in [0, 0.05) is 23.5 Å². The summed E-state index contributed by atoms with van der Waals surface area (Å²) in [6.07, 6.45) is 2.88. The largest absolute Gasteiger partial charge is 0.507 e. The van der Waals surface area contributed by atoms with Crippen molar-refractivity contribution >= 4 is 33.9 Å². The molecule has 2 aromatic heterocycles. The van der Waals surface area contributed by atoms with Crippen molar-refractivity contribution in [1.82, 2.24) is 15.2 Å². The molecule has 1 amide bonds. The van der Waals surface area contributed by atoms with Crippen LogP contribution in [-0.4, -0.2) is 32.0 Å². The highest BCUT2D eigenvalue weighted by atomic mass is 32.1. The number of anilines is 1. The van der Waals surface area contributed by atoms with Crippen LogP contribution < -0.4 is 4.90 Å². The van der Waals surface area contributed by atoms with Gasteiger partial charge in [-0.2, -0.15) is 0 Å². The molecule has 9 heteroatoms. The lowest BCUT2D eigenvalue weighted by Crippen LogP contribution is -2.29. The number of nitrogens with zero attached hydrogens (tertiary/aromatic N) is 4. The topological polar surface area (TPSA) is 96.3 Å². The molecule has 1 unspecified atom stereocenters. The maximum absolute atomic E-state index is 14.6. The standard InChI is InChI=1S/C19H13FN4O3S/c1-10-22-23-19(28-10)24-15(12-4-2-3-5-13(12)20)14(17(26)18(24)27)16(25)11-6-8-21-9-7-11/h2-9,15,25H,1H3/b16-14+.